The van der Waals surface area contributed by atoms with E-state index < -0.39 is 0 Å². The maximum atomic E-state index is 12.3. The Labute approximate surface area is 159 Å². The Balaban J connectivity index is 1.51. The number of nitrogens with zero attached hydrogens (tertiary/aromatic N) is 1. The summed E-state index contributed by atoms with van der Waals surface area (Å²) in [6.07, 6.45) is 1.82. The zero-order chi connectivity index (χ0) is 18.5. The zero-order valence-electron chi connectivity index (χ0n) is 15.1. The Bertz CT molecular complexity index is 762. The van der Waals surface area contributed by atoms with E-state index in [9.17, 15) is 4.79 Å². The van der Waals surface area contributed by atoms with Gasteiger partial charge in [0, 0.05) is 17.3 Å². The van der Waals surface area contributed by atoms with Gasteiger partial charge in [-0.05, 0) is 74.5 Å². The SMILES string of the molecule is CN(C)CCOc1ccc(NC(=O)N[C@@H]2CCc3cc(Cl)ccc32)cc1. The van der Waals surface area contributed by atoms with Crippen molar-refractivity contribution in [1.82, 2.24) is 10.2 Å². The highest BCUT2D eigenvalue weighted by Crippen LogP contribution is 2.32. The molecule has 1 atom stereocenters. The normalized spacial score (nSPS) is 15.6. The van der Waals surface area contributed by atoms with Crippen LogP contribution in [0.3, 0.4) is 0 Å². The first-order chi connectivity index (χ1) is 12.5. The number of hydrogen-bond donors (Lipinski definition) is 2. The number of amides is 2. The van der Waals surface area contributed by atoms with E-state index in [-0.39, 0.29) is 12.1 Å². The average molecular weight is 374 g/mol. The third-order valence-corrected chi connectivity index (χ3v) is 4.64. The molecule has 0 saturated heterocycles. The summed E-state index contributed by atoms with van der Waals surface area (Å²) in [6.45, 7) is 1.49. The van der Waals surface area contributed by atoms with Crippen LogP contribution in [-0.2, 0) is 6.42 Å². The molecule has 0 spiro atoms. The smallest absolute Gasteiger partial charge is 0.319 e. The van der Waals surface area contributed by atoms with Gasteiger partial charge in [0.15, 0.2) is 0 Å². The molecule has 0 aliphatic heterocycles. The van der Waals surface area contributed by atoms with E-state index in [1.165, 1.54) is 5.56 Å². The minimum atomic E-state index is -0.209. The Kier molecular flexibility index (Phi) is 6.01. The second-order valence-electron chi connectivity index (χ2n) is 6.71. The molecule has 1 aliphatic carbocycles. The fraction of sp³-hybridized carbons (Fsp3) is 0.350. The highest BCUT2D eigenvalue weighted by Gasteiger charge is 2.24. The maximum Gasteiger partial charge on any atom is 0.319 e. The van der Waals surface area contributed by atoms with Crippen LogP contribution in [0, 0.1) is 0 Å². The molecule has 0 radical (unpaired) electrons. The number of anilines is 1. The second-order valence-corrected chi connectivity index (χ2v) is 7.15. The number of fused-ring (bicyclic) bond motifs is 1. The van der Waals surface area contributed by atoms with Crippen LogP contribution in [-0.4, -0.2) is 38.2 Å². The lowest BCUT2D eigenvalue weighted by Crippen LogP contribution is -2.31. The van der Waals surface area contributed by atoms with Gasteiger partial charge >= 0.3 is 6.03 Å². The minimum absolute atomic E-state index is 0.0240. The number of hydrogen-bond acceptors (Lipinski definition) is 3. The third kappa shape index (κ3) is 4.90. The van der Waals surface area contributed by atoms with Crippen LogP contribution >= 0.6 is 11.6 Å². The molecule has 0 heterocycles. The van der Waals surface area contributed by atoms with E-state index in [0.717, 1.165) is 41.4 Å². The first kappa shape index (κ1) is 18.5. The quantitative estimate of drug-likeness (QED) is 0.801. The van der Waals surface area contributed by atoms with Gasteiger partial charge in [0.2, 0.25) is 0 Å². The summed E-state index contributed by atoms with van der Waals surface area (Å²) in [5.41, 5.74) is 3.09. The monoisotopic (exact) mass is 373 g/mol. The van der Waals surface area contributed by atoms with Crippen LogP contribution in [0.25, 0.3) is 0 Å². The first-order valence-electron chi connectivity index (χ1n) is 8.75. The number of urea groups is 1. The van der Waals surface area contributed by atoms with Crippen LogP contribution in [0.2, 0.25) is 5.02 Å². The van der Waals surface area contributed by atoms with Crippen molar-refractivity contribution in [3.8, 4) is 5.75 Å². The van der Waals surface area contributed by atoms with Crippen molar-refractivity contribution in [1.29, 1.82) is 0 Å². The summed E-state index contributed by atoms with van der Waals surface area (Å²) in [4.78, 5) is 14.4. The number of nitrogens with one attached hydrogen (secondary N) is 2. The number of ether oxygens (including phenoxy) is 1. The molecule has 3 rings (SSSR count). The fourth-order valence-electron chi connectivity index (χ4n) is 3.04. The molecule has 2 amide bonds. The number of benzene rings is 2. The van der Waals surface area contributed by atoms with E-state index in [1.54, 1.807) is 0 Å². The Morgan fingerprint density at radius 1 is 1.23 bits per heavy atom. The molecule has 0 fully saturated rings. The fourth-order valence-corrected chi connectivity index (χ4v) is 3.24. The standard InChI is InChI=1S/C20H24ClN3O2/c1-24(2)11-12-26-17-7-5-16(6-8-17)22-20(25)23-19-10-3-14-13-15(21)4-9-18(14)19/h4-9,13,19H,3,10-12H2,1-2H3,(H2,22,23,25)/t19-/m1/s1. The summed E-state index contributed by atoms with van der Waals surface area (Å²) in [5.74, 6) is 0.791. The van der Waals surface area contributed by atoms with E-state index in [2.05, 4.69) is 15.5 Å². The van der Waals surface area contributed by atoms with Gasteiger partial charge in [-0.3, -0.25) is 0 Å². The Morgan fingerprint density at radius 3 is 2.73 bits per heavy atom. The number of carbonyl (C=O) groups is 1. The molecule has 1 aliphatic rings. The topological polar surface area (TPSA) is 53.6 Å². The number of carbonyl (C=O) groups excluding carboxylic acids is 1. The van der Waals surface area contributed by atoms with Crippen molar-refractivity contribution in [2.75, 3.05) is 32.6 Å². The van der Waals surface area contributed by atoms with Crippen LogP contribution in [0.1, 0.15) is 23.6 Å². The first-order valence-corrected chi connectivity index (χ1v) is 9.12. The van der Waals surface area contributed by atoms with E-state index in [0.29, 0.717) is 6.61 Å². The van der Waals surface area contributed by atoms with Gasteiger partial charge in [0.1, 0.15) is 12.4 Å². The van der Waals surface area contributed by atoms with Crippen LogP contribution in [0.5, 0.6) is 5.75 Å². The van der Waals surface area contributed by atoms with Gasteiger partial charge in [-0.2, -0.15) is 0 Å². The van der Waals surface area contributed by atoms with Crippen molar-refractivity contribution in [2.24, 2.45) is 0 Å². The summed E-state index contributed by atoms with van der Waals surface area (Å²) in [7, 11) is 4.01. The molecule has 0 aromatic heterocycles. The van der Waals surface area contributed by atoms with Crippen LogP contribution < -0.4 is 15.4 Å². The highest BCUT2D eigenvalue weighted by molar-refractivity contribution is 6.30. The molecule has 6 heteroatoms. The Hall–Kier alpha value is -2.24. The van der Waals surface area contributed by atoms with Gasteiger partial charge in [-0.25, -0.2) is 4.79 Å². The van der Waals surface area contributed by atoms with Crippen molar-refractivity contribution < 1.29 is 9.53 Å². The van der Waals surface area contributed by atoms with Crippen molar-refractivity contribution in [2.45, 2.75) is 18.9 Å². The van der Waals surface area contributed by atoms with Crippen LogP contribution in [0.15, 0.2) is 42.5 Å². The minimum Gasteiger partial charge on any atom is -0.492 e. The second kappa shape index (κ2) is 8.43. The maximum absolute atomic E-state index is 12.3. The molecule has 0 bridgehead atoms. The number of halogens is 1. The summed E-state index contributed by atoms with van der Waals surface area (Å²) < 4.78 is 5.65. The predicted molar refractivity (Wildman–Crippen MR) is 105 cm³/mol. The summed E-state index contributed by atoms with van der Waals surface area (Å²) >= 11 is 6.03. The molecule has 5 nitrogen and oxygen atoms in total. The van der Waals surface area contributed by atoms with Gasteiger partial charge in [0.05, 0.1) is 6.04 Å². The molecule has 138 valence electrons. The van der Waals surface area contributed by atoms with E-state index in [1.807, 2.05) is 56.6 Å². The van der Waals surface area contributed by atoms with Gasteiger partial charge in [-0.15, -0.1) is 0 Å². The predicted octanol–water partition coefficient (Wildman–Crippen LogP) is 4.09. The van der Waals surface area contributed by atoms with Gasteiger partial charge < -0.3 is 20.3 Å². The molecular formula is C20H24ClN3O2. The number of rotatable bonds is 6. The van der Waals surface area contributed by atoms with Crippen molar-refractivity contribution in [3.63, 3.8) is 0 Å². The lowest BCUT2D eigenvalue weighted by atomic mass is 10.1. The molecule has 0 unspecified atom stereocenters. The molecule has 26 heavy (non-hydrogen) atoms. The number of aryl methyl sites for hydroxylation is 1. The largest absolute Gasteiger partial charge is 0.492 e. The number of likely N-dealkylation sites (N-methyl/N-ethyl adjacent to an activating group) is 1. The summed E-state index contributed by atoms with van der Waals surface area (Å²) in [5, 5.41) is 6.64. The van der Waals surface area contributed by atoms with Gasteiger partial charge in [0.25, 0.3) is 0 Å². The lowest BCUT2D eigenvalue weighted by Gasteiger charge is -2.15. The molecule has 2 aromatic rings. The van der Waals surface area contributed by atoms with Crippen molar-refractivity contribution in [3.05, 3.63) is 58.6 Å². The summed E-state index contributed by atoms with van der Waals surface area (Å²) in [6, 6.07) is 13.1. The van der Waals surface area contributed by atoms with Crippen molar-refractivity contribution >= 4 is 23.3 Å². The van der Waals surface area contributed by atoms with E-state index >= 15 is 0 Å². The highest BCUT2D eigenvalue weighted by atomic mass is 35.5. The third-order valence-electron chi connectivity index (χ3n) is 4.41. The zero-order valence-corrected chi connectivity index (χ0v) is 15.8. The molecule has 2 aromatic carbocycles. The van der Waals surface area contributed by atoms with E-state index in [4.69, 9.17) is 16.3 Å². The Morgan fingerprint density at radius 2 is 2.00 bits per heavy atom. The average Bonchev–Trinajstić information content (AvgIpc) is 2.98. The molecule has 2 N–H and O–H groups in total. The molecule has 0 saturated carbocycles. The van der Waals surface area contributed by atoms with Gasteiger partial charge in [-0.1, -0.05) is 17.7 Å². The lowest BCUT2D eigenvalue weighted by molar-refractivity contribution is 0.248. The molecular weight excluding hydrogens is 350 g/mol. The van der Waals surface area contributed by atoms with Crippen LogP contribution in [0.4, 0.5) is 10.5 Å².